The number of anilines is 1. The minimum Gasteiger partial charge on any atom is -0.382 e. The van der Waals surface area contributed by atoms with Gasteiger partial charge in [-0.25, -0.2) is 4.39 Å². The Balaban J connectivity index is 2.05. The quantitative estimate of drug-likeness (QED) is 0.847. The summed E-state index contributed by atoms with van der Waals surface area (Å²) >= 11 is 3.18. The van der Waals surface area contributed by atoms with Crippen LogP contribution in [0.1, 0.15) is 25.7 Å². The van der Waals surface area contributed by atoms with Crippen molar-refractivity contribution in [2.75, 3.05) is 5.32 Å². The van der Waals surface area contributed by atoms with Gasteiger partial charge in [-0.05, 0) is 47.0 Å². The molecule has 1 aromatic rings. The lowest BCUT2D eigenvalue weighted by atomic mass is 10.2. The maximum absolute atomic E-state index is 12.9. The first-order valence-corrected chi connectivity index (χ1v) is 5.76. The van der Waals surface area contributed by atoms with Crippen LogP contribution in [0.3, 0.4) is 0 Å². The molecule has 76 valence electrons. The molecule has 0 radical (unpaired) electrons. The van der Waals surface area contributed by atoms with Crippen molar-refractivity contribution >= 4 is 21.6 Å². The summed E-state index contributed by atoms with van der Waals surface area (Å²) in [7, 11) is 0. The van der Waals surface area contributed by atoms with Crippen molar-refractivity contribution in [2.45, 2.75) is 31.7 Å². The smallest absolute Gasteiger partial charge is 0.137 e. The molecule has 1 aliphatic rings. The second-order valence-corrected chi connectivity index (χ2v) is 4.61. The lowest BCUT2D eigenvalue weighted by Gasteiger charge is -2.13. The van der Waals surface area contributed by atoms with Crippen molar-refractivity contribution in [3.8, 4) is 0 Å². The molecule has 14 heavy (non-hydrogen) atoms. The lowest BCUT2D eigenvalue weighted by molar-refractivity contribution is 0.621. The first kappa shape index (κ1) is 9.97. The Morgan fingerprint density at radius 2 is 2.00 bits per heavy atom. The van der Waals surface area contributed by atoms with Gasteiger partial charge in [-0.15, -0.1) is 0 Å². The highest BCUT2D eigenvalue weighted by Gasteiger charge is 2.14. The van der Waals surface area contributed by atoms with E-state index in [1.807, 2.05) is 0 Å². The molecule has 0 aliphatic heterocycles. The van der Waals surface area contributed by atoms with E-state index in [4.69, 9.17) is 0 Å². The monoisotopic (exact) mass is 257 g/mol. The van der Waals surface area contributed by atoms with E-state index in [0.29, 0.717) is 10.5 Å². The van der Waals surface area contributed by atoms with Crippen LogP contribution < -0.4 is 5.32 Å². The fourth-order valence-corrected chi connectivity index (χ4v) is 2.27. The van der Waals surface area contributed by atoms with Gasteiger partial charge in [-0.3, -0.25) is 0 Å². The van der Waals surface area contributed by atoms with Crippen LogP contribution in [0.25, 0.3) is 0 Å². The number of hydrogen-bond donors (Lipinski definition) is 1. The Hall–Kier alpha value is -0.570. The average molecular weight is 258 g/mol. The van der Waals surface area contributed by atoms with Gasteiger partial charge in [0, 0.05) is 11.7 Å². The molecule has 0 bridgehead atoms. The normalized spacial score (nSPS) is 17.3. The number of nitrogens with one attached hydrogen (secondary N) is 1. The highest BCUT2D eigenvalue weighted by Crippen LogP contribution is 2.25. The molecule has 0 spiro atoms. The Labute approximate surface area is 91.8 Å². The summed E-state index contributed by atoms with van der Waals surface area (Å²) in [5.41, 5.74) is 1.00. The molecular weight excluding hydrogens is 245 g/mol. The first-order valence-electron chi connectivity index (χ1n) is 4.97. The maximum Gasteiger partial charge on any atom is 0.137 e. The van der Waals surface area contributed by atoms with E-state index in [1.54, 1.807) is 12.1 Å². The SMILES string of the molecule is Fc1ccc(NC2CCCC2)cc1Br. The Bertz CT molecular complexity index is 321. The summed E-state index contributed by atoms with van der Waals surface area (Å²) in [6, 6.07) is 5.65. The molecule has 0 amide bonds. The largest absolute Gasteiger partial charge is 0.382 e. The molecule has 1 saturated carbocycles. The van der Waals surface area contributed by atoms with Gasteiger partial charge in [-0.2, -0.15) is 0 Å². The molecule has 1 N–H and O–H groups in total. The lowest BCUT2D eigenvalue weighted by Crippen LogP contribution is -2.14. The van der Waals surface area contributed by atoms with E-state index >= 15 is 0 Å². The number of halogens is 2. The zero-order valence-electron chi connectivity index (χ0n) is 7.89. The average Bonchev–Trinajstić information content (AvgIpc) is 2.64. The minimum absolute atomic E-state index is 0.207. The summed E-state index contributed by atoms with van der Waals surface area (Å²) in [5, 5.41) is 3.41. The van der Waals surface area contributed by atoms with Gasteiger partial charge in [0.15, 0.2) is 0 Å². The molecular formula is C11H13BrFN. The second-order valence-electron chi connectivity index (χ2n) is 3.75. The highest BCUT2D eigenvalue weighted by molar-refractivity contribution is 9.10. The third kappa shape index (κ3) is 2.27. The van der Waals surface area contributed by atoms with Crippen LogP contribution in [-0.2, 0) is 0 Å². The minimum atomic E-state index is -0.207. The number of hydrogen-bond acceptors (Lipinski definition) is 1. The predicted molar refractivity (Wildman–Crippen MR) is 60.0 cm³/mol. The molecule has 0 unspecified atom stereocenters. The van der Waals surface area contributed by atoms with Gasteiger partial charge in [0.1, 0.15) is 5.82 Å². The van der Waals surface area contributed by atoms with E-state index < -0.39 is 0 Å². The topological polar surface area (TPSA) is 12.0 Å². The van der Waals surface area contributed by atoms with Crippen LogP contribution in [0.5, 0.6) is 0 Å². The molecule has 0 heterocycles. The fraction of sp³-hybridized carbons (Fsp3) is 0.455. The van der Waals surface area contributed by atoms with Gasteiger partial charge in [-0.1, -0.05) is 12.8 Å². The van der Waals surface area contributed by atoms with Crippen LogP contribution in [0.2, 0.25) is 0 Å². The summed E-state index contributed by atoms with van der Waals surface area (Å²) in [5.74, 6) is -0.207. The summed E-state index contributed by atoms with van der Waals surface area (Å²) in [6.07, 6.45) is 5.07. The van der Waals surface area contributed by atoms with E-state index in [2.05, 4.69) is 21.2 Å². The van der Waals surface area contributed by atoms with Crippen LogP contribution in [0.4, 0.5) is 10.1 Å². The number of benzene rings is 1. The van der Waals surface area contributed by atoms with Crippen molar-refractivity contribution in [3.05, 3.63) is 28.5 Å². The van der Waals surface area contributed by atoms with Crippen LogP contribution in [-0.4, -0.2) is 6.04 Å². The fourth-order valence-electron chi connectivity index (χ4n) is 1.89. The summed E-state index contributed by atoms with van der Waals surface area (Å²) in [6.45, 7) is 0. The molecule has 1 aliphatic carbocycles. The molecule has 1 fully saturated rings. The van der Waals surface area contributed by atoms with E-state index in [9.17, 15) is 4.39 Å². The summed E-state index contributed by atoms with van der Waals surface area (Å²) < 4.78 is 13.5. The molecule has 0 saturated heterocycles. The van der Waals surface area contributed by atoms with E-state index in [-0.39, 0.29) is 5.82 Å². The predicted octanol–water partition coefficient (Wildman–Crippen LogP) is 3.94. The molecule has 0 atom stereocenters. The number of rotatable bonds is 2. The molecule has 2 rings (SSSR count). The third-order valence-corrected chi connectivity index (χ3v) is 3.25. The Morgan fingerprint density at radius 1 is 1.29 bits per heavy atom. The second kappa shape index (κ2) is 4.30. The zero-order chi connectivity index (χ0) is 9.97. The molecule has 0 aromatic heterocycles. The highest BCUT2D eigenvalue weighted by atomic mass is 79.9. The van der Waals surface area contributed by atoms with Crippen molar-refractivity contribution in [1.82, 2.24) is 0 Å². The van der Waals surface area contributed by atoms with Gasteiger partial charge in [0.25, 0.3) is 0 Å². The van der Waals surface area contributed by atoms with Crippen molar-refractivity contribution in [3.63, 3.8) is 0 Å². The van der Waals surface area contributed by atoms with Crippen LogP contribution in [0, 0.1) is 5.82 Å². The maximum atomic E-state index is 12.9. The zero-order valence-corrected chi connectivity index (χ0v) is 9.48. The van der Waals surface area contributed by atoms with E-state index in [0.717, 1.165) is 5.69 Å². The molecule has 1 nitrogen and oxygen atoms in total. The van der Waals surface area contributed by atoms with Gasteiger partial charge in [0.2, 0.25) is 0 Å². The van der Waals surface area contributed by atoms with Crippen molar-refractivity contribution in [2.24, 2.45) is 0 Å². The van der Waals surface area contributed by atoms with Gasteiger partial charge >= 0.3 is 0 Å². The first-order chi connectivity index (χ1) is 6.75. The Morgan fingerprint density at radius 3 is 2.64 bits per heavy atom. The van der Waals surface area contributed by atoms with Crippen molar-refractivity contribution in [1.29, 1.82) is 0 Å². The summed E-state index contributed by atoms with van der Waals surface area (Å²) in [4.78, 5) is 0. The Kier molecular flexibility index (Phi) is 3.06. The molecule has 1 aromatic carbocycles. The van der Waals surface area contributed by atoms with Gasteiger partial charge < -0.3 is 5.32 Å². The van der Waals surface area contributed by atoms with Crippen LogP contribution in [0.15, 0.2) is 22.7 Å². The third-order valence-electron chi connectivity index (χ3n) is 2.65. The van der Waals surface area contributed by atoms with Gasteiger partial charge in [0.05, 0.1) is 4.47 Å². The standard InChI is InChI=1S/C11H13BrFN/c12-10-7-9(5-6-11(10)13)14-8-3-1-2-4-8/h5-8,14H,1-4H2. The van der Waals surface area contributed by atoms with Crippen molar-refractivity contribution < 1.29 is 4.39 Å². The molecule has 3 heteroatoms. The van der Waals surface area contributed by atoms with E-state index in [1.165, 1.54) is 31.7 Å². The van der Waals surface area contributed by atoms with Crippen LogP contribution >= 0.6 is 15.9 Å².